The number of nitrogens with zero attached hydrogens (tertiary/aromatic N) is 1. The van der Waals surface area contributed by atoms with E-state index < -0.39 is 0 Å². The molecule has 2 aliphatic rings. The van der Waals surface area contributed by atoms with Gasteiger partial charge in [0.25, 0.3) is 0 Å². The number of rotatable bonds is 3. The van der Waals surface area contributed by atoms with Crippen LogP contribution in [0.4, 0.5) is 11.4 Å². The lowest BCUT2D eigenvalue weighted by molar-refractivity contribution is -0.120. The van der Waals surface area contributed by atoms with Crippen molar-refractivity contribution in [1.82, 2.24) is 0 Å². The molecule has 3 N–H and O–H groups in total. The molecule has 7 heteroatoms. The van der Waals surface area contributed by atoms with E-state index in [1.165, 1.54) is 0 Å². The Morgan fingerprint density at radius 3 is 2.91 bits per heavy atom. The number of halogens is 2. The number of hydrogen-bond acceptors (Lipinski definition) is 4. The summed E-state index contributed by atoms with van der Waals surface area (Å²) >= 11 is 0. The molecule has 1 heterocycles. The maximum atomic E-state index is 12.4. The Bertz CT molecular complexity index is 542. The van der Waals surface area contributed by atoms with E-state index in [9.17, 15) is 4.79 Å². The second-order valence-corrected chi connectivity index (χ2v) is 5.97. The number of benzene rings is 1. The zero-order chi connectivity index (χ0) is 14.8. The Morgan fingerprint density at radius 2 is 2.17 bits per heavy atom. The van der Waals surface area contributed by atoms with Crippen LogP contribution in [0.25, 0.3) is 0 Å². The number of carbonyl (C=O) groups excluding carboxylic acids is 1. The fourth-order valence-corrected chi connectivity index (χ4v) is 3.33. The van der Waals surface area contributed by atoms with Crippen LogP contribution in [-0.2, 0) is 4.79 Å². The van der Waals surface area contributed by atoms with E-state index in [-0.39, 0.29) is 36.6 Å². The third kappa shape index (κ3) is 4.22. The SMILES string of the molecule is CN1CCOc2ccc(NC(=O)[C@@H]3CCC[C@@H]3CN)cc21.Cl.Cl. The molecule has 0 aromatic heterocycles. The lowest BCUT2D eigenvalue weighted by atomic mass is 9.95. The van der Waals surface area contributed by atoms with Gasteiger partial charge in [-0.1, -0.05) is 6.42 Å². The largest absolute Gasteiger partial charge is 0.490 e. The van der Waals surface area contributed by atoms with Crippen LogP contribution in [0.1, 0.15) is 19.3 Å². The summed E-state index contributed by atoms with van der Waals surface area (Å²) < 4.78 is 5.62. The second-order valence-electron chi connectivity index (χ2n) is 5.97. The highest BCUT2D eigenvalue weighted by Crippen LogP contribution is 2.35. The number of nitrogens with one attached hydrogen (secondary N) is 1. The summed E-state index contributed by atoms with van der Waals surface area (Å²) in [7, 11) is 2.04. The number of hydrogen-bond donors (Lipinski definition) is 2. The third-order valence-corrected chi connectivity index (χ3v) is 4.62. The average Bonchev–Trinajstić information content (AvgIpc) is 2.97. The minimum absolute atomic E-state index is 0. The Labute approximate surface area is 149 Å². The molecule has 0 saturated heterocycles. The molecule has 1 aromatic rings. The fourth-order valence-electron chi connectivity index (χ4n) is 3.33. The van der Waals surface area contributed by atoms with Crippen molar-refractivity contribution in [2.45, 2.75) is 19.3 Å². The molecule has 1 aliphatic carbocycles. The summed E-state index contributed by atoms with van der Waals surface area (Å²) in [4.78, 5) is 14.6. The van der Waals surface area contributed by atoms with Gasteiger partial charge in [-0.3, -0.25) is 4.79 Å². The molecule has 1 saturated carbocycles. The van der Waals surface area contributed by atoms with Crippen LogP contribution < -0.4 is 20.7 Å². The fraction of sp³-hybridized carbons (Fsp3) is 0.562. The number of likely N-dealkylation sites (N-methyl/N-ethyl adjacent to an activating group) is 1. The molecule has 1 fully saturated rings. The first kappa shape index (κ1) is 19.9. The maximum Gasteiger partial charge on any atom is 0.227 e. The Hall–Kier alpha value is -1.17. The molecule has 1 aliphatic heterocycles. The second kappa shape index (κ2) is 8.62. The molecule has 5 nitrogen and oxygen atoms in total. The molecular weight excluding hydrogens is 337 g/mol. The van der Waals surface area contributed by atoms with Crippen LogP contribution in [0.3, 0.4) is 0 Å². The predicted molar refractivity (Wildman–Crippen MR) is 98.2 cm³/mol. The maximum absolute atomic E-state index is 12.4. The van der Waals surface area contributed by atoms with Gasteiger partial charge in [-0.05, 0) is 43.5 Å². The van der Waals surface area contributed by atoms with Crippen LogP contribution in [0, 0.1) is 11.8 Å². The number of amides is 1. The summed E-state index contributed by atoms with van der Waals surface area (Å²) in [6, 6.07) is 5.82. The quantitative estimate of drug-likeness (QED) is 0.868. The first-order valence-electron chi connectivity index (χ1n) is 7.68. The first-order valence-corrected chi connectivity index (χ1v) is 7.68. The lowest BCUT2D eigenvalue weighted by Gasteiger charge is -2.28. The Morgan fingerprint density at radius 1 is 1.39 bits per heavy atom. The van der Waals surface area contributed by atoms with Gasteiger partial charge in [0.1, 0.15) is 12.4 Å². The van der Waals surface area contributed by atoms with Crippen molar-refractivity contribution in [2.75, 3.05) is 37.0 Å². The van der Waals surface area contributed by atoms with Gasteiger partial charge in [0.2, 0.25) is 5.91 Å². The van der Waals surface area contributed by atoms with Crippen LogP contribution in [0.15, 0.2) is 18.2 Å². The molecule has 23 heavy (non-hydrogen) atoms. The van der Waals surface area contributed by atoms with E-state index in [0.29, 0.717) is 19.1 Å². The minimum atomic E-state index is 0. The molecule has 1 amide bonds. The molecule has 3 rings (SSSR count). The first-order chi connectivity index (χ1) is 10.2. The number of carbonyl (C=O) groups is 1. The van der Waals surface area contributed by atoms with Crippen LogP contribution in [-0.4, -0.2) is 32.7 Å². The summed E-state index contributed by atoms with van der Waals surface area (Å²) in [6.07, 6.45) is 3.11. The number of ether oxygens (including phenoxy) is 1. The molecule has 0 spiro atoms. The van der Waals surface area contributed by atoms with Crippen molar-refractivity contribution in [3.8, 4) is 5.75 Å². The van der Waals surface area contributed by atoms with E-state index in [0.717, 1.165) is 42.9 Å². The van der Waals surface area contributed by atoms with Gasteiger partial charge in [-0.25, -0.2) is 0 Å². The summed E-state index contributed by atoms with van der Waals surface area (Å²) in [5.74, 6) is 1.36. The molecule has 0 unspecified atom stereocenters. The highest BCUT2D eigenvalue weighted by atomic mass is 35.5. The smallest absolute Gasteiger partial charge is 0.227 e. The minimum Gasteiger partial charge on any atom is -0.490 e. The van der Waals surface area contributed by atoms with Crippen molar-refractivity contribution >= 4 is 42.1 Å². The van der Waals surface area contributed by atoms with Crippen LogP contribution in [0.5, 0.6) is 5.75 Å². The van der Waals surface area contributed by atoms with Crippen LogP contribution >= 0.6 is 24.8 Å². The lowest BCUT2D eigenvalue weighted by Crippen LogP contribution is -2.30. The van der Waals surface area contributed by atoms with Gasteiger partial charge in [0.05, 0.1) is 12.2 Å². The average molecular weight is 362 g/mol. The van der Waals surface area contributed by atoms with Gasteiger partial charge in [-0.15, -0.1) is 24.8 Å². The van der Waals surface area contributed by atoms with E-state index >= 15 is 0 Å². The van der Waals surface area contributed by atoms with E-state index in [4.69, 9.17) is 10.5 Å². The van der Waals surface area contributed by atoms with Gasteiger partial charge in [0.15, 0.2) is 0 Å². The monoisotopic (exact) mass is 361 g/mol. The van der Waals surface area contributed by atoms with E-state index in [1.54, 1.807) is 0 Å². The standard InChI is InChI=1S/C16H23N3O2.2ClH/c1-19-7-8-21-15-6-5-12(9-14(15)19)18-16(20)13-4-2-3-11(13)10-17;;/h5-6,9,11,13H,2-4,7-8,10,17H2,1H3,(H,18,20);2*1H/t11-,13-;;/m1../s1. The molecule has 2 atom stereocenters. The van der Waals surface area contributed by atoms with E-state index in [1.807, 2.05) is 25.2 Å². The van der Waals surface area contributed by atoms with Crippen LogP contribution in [0.2, 0.25) is 0 Å². The molecule has 1 aromatic carbocycles. The molecular formula is C16H25Cl2N3O2. The van der Waals surface area contributed by atoms with Gasteiger partial charge in [-0.2, -0.15) is 0 Å². The van der Waals surface area contributed by atoms with E-state index in [2.05, 4.69) is 10.2 Å². The summed E-state index contributed by atoms with van der Waals surface area (Å²) in [6.45, 7) is 2.16. The third-order valence-electron chi connectivity index (χ3n) is 4.62. The number of anilines is 2. The highest BCUT2D eigenvalue weighted by molar-refractivity contribution is 5.93. The summed E-state index contributed by atoms with van der Waals surface area (Å²) in [5.41, 5.74) is 7.62. The molecule has 0 radical (unpaired) electrons. The number of nitrogens with two attached hydrogens (primary N) is 1. The van der Waals surface area contributed by atoms with Crippen molar-refractivity contribution < 1.29 is 9.53 Å². The predicted octanol–water partition coefficient (Wildman–Crippen LogP) is 2.67. The normalized spacial score (nSPS) is 22.3. The topological polar surface area (TPSA) is 67.6 Å². The number of fused-ring (bicyclic) bond motifs is 1. The highest BCUT2D eigenvalue weighted by Gasteiger charge is 2.32. The zero-order valence-electron chi connectivity index (χ0n) is 13.3. The molecule has 130 valence electrons. The van der Waals surface area contributed by atoms with Crippen molar-refractivity contribution in [3.63, 3.8) is 0 Å². The van der Waals surface area contributed by atoms with Crippen molar-refractivity contribution in [2.24, 2.45) is 17.6 Å². The van der Waals surface area contributed by atoms with Crippen molar-refractivity contribution in [3.05, 3.63) is 18.2 Å². The Balaban J connectivity index is 0.00000132. The Kier molecular flexibility index (Phi) is 7.45. The van der Waals surface area contributed by atoms with Gasteiger partial charge in [0, 0.05) is 18.7 Å². The zero-order valence-corrected chi connectivity index (χ0v) is 14.9. The molecule has 0 bridgehead atoms. The van der Waals surface area contributed by atoms with Gasteiger partial charge < -0.3 is 20.7 Å². The van der Waals surface area contributed by atoms with Gasteiger partial charge >= 0.3 is 0 Å². The van der Waals surface area contributed by atoms with Crippen molar-refractivity contribution in [1.29, 1.82) is 0 Å². The summed E-state index contributed by atoms with van der Waals surface area (Å²) in [5, 5.41) is 3.04.